The largest absolute Gasteiger partial charge is 0.298 e. The molecule has 0 bridgehead atoms. The van der Waals surface area contributed by atoms with Crippen molar-refractivity contribution in [3.8, 4) is 21.7 Å². The minimum Gasteiger partial charge on any atom is -0.298 e. The Morgan fingerprint density at radius 1 is 0.886 bits per heavy atom. The number of thiazole rings is 1. The number of nitrogens with zero attached hydrogens (tertiary/aromatic N) is 1. The summed E-state index contributed by atoms with van der Waals surface area (Å²) in [5.41, 5.74) is 3.61. The second kappa shape index (κ2) is 8.20. The van der Waals surface area contributed by atoms with E-state index >= 15 is 0 Å². The number of carbonyl (C=O) groups is 1. The summed E-state index contributed by atoms with van der Waals surface area (Å²) < 4.78 is 27.9. The van der Waals surface area contributed by atoms with Crippen molar-refractivity contribution in [3.05, 3.63) is 95.5 Å². The molecule has 1 aliphatic rings. The molecule has 1 heterocycles. The van der Waals surface area contributed by atoms with Crippen molar-refractivity contribution in [2.75, 3.05) is 10.0 Å². The number of halogens is 1. The predicted octanol–water partition coefficient (Wildman–Crippen LogP) is 6.65. The first-order valence-electron chi connectivity index (χ1n) is 10.6. The molecule has 6 nitrogen and oxygen atoms in total. The molecule has 1 amide bonds. The zero-order valence-electron chi connectivity index (χ0n) is 17.9. The van der Waals surface area contributed by atoms with Crippen LogP contribution in [0.4, 0.5) is 10.8 Å². The van der Waals surface area contributed by atoms with Crippen LogP contribution in [-0.4, -0.2) is 19.3 Å². The van der Waals surface area contributed by atoms with Crippen LogP contribution in [0.5, 0.6) is 0 Å². The van der Waals surface area contributed by atoms with Crippen LogP contribution < -0.4 is 10.0 Å². The lowest BCUT2D eigenvalue weighted by Crippen LogP contribution is -2.15. The van der Waals surface area contributed by atoms with Crippen LogP contribution in [0.1, 0.15) is 10.4 Å². The van der Waals surface area contributed by atoms with Crippen LogP contribution in [0.25, 0.3) is 32.5 Å². The number of carbonyl (C=O) groups excluding carboxylic acids is 1. The highest BCUT2D eigenvalue weighted by Crippen LogP contribution is 2.50. The van der Waals surface area contributed by atoms with E-state index in [2.05, 4.69) is 33.2 Å². The van der Waals surface area contributed by atoms with E-state index in [1.165, 1.54) is 47.1 Å². The summed E-state index contributed by atoms with van der Waals surface area (Å²) in [6.07, 6.45) is 0. The molecule has 4 aromatic carbocycles. The Hall–Kier alpha value is -3.72. The molecule has 0 spiro atoms. The van der Waals surface area contributed by atoms with E-state index in [4.69, 9.17) is 11.6 Å². The van der Waals surface area contributed by atoms with E-state index in [1.807, 2.05) is 18.2 Å². The van der Waals surface area contributed by atoms with Crippen molar-refractivity contribution in [1.82, 2.24) is 4.98 Å². The van der Waals surface area contributed by atoms with Crippen molar-refractivity contribution in [2.24, 2.45) is 0 Å². The molecular weight excluding hydrogens is 502 g/mol. The molecule has 9 heteroatoms. The molecular formula is C26H16ClN3O3S2. The van der Waals surface area contributed by atoms with E-state index in [9.17, 15) is 13.2 Å². The zero-order valence-corrected chi connectivity index (χ0v) is 20.3. The monoisotopic (exact) mass is 517 g/mol. The molecule has 0 unspecified atom stereocenters. The minimum atomic E-state index is -3.83. The van der Waals surface area contributed by atoms with Crippen molar-refractivity contribution in [3.63, 3.8) is 0 Å². The number of hydrogen-bond donors (Lipinski definition) is 2. The van der Waals surface area contributed by atoms with Crippen LogP contribution in [0.2, 0.25) is 5.02 Å². The lowest BCUT2D eigenvalue weighted by atomic mass is 10.0. The lowest BCUT2D eigenvalue weighted by Gasteiger charge is -2.10. The molecule has 2 N–H and O–H groups in total. The van der Waals surface area contributed by atoms with E-state index in [1.54, 1.807) is 18.2 Å². The maximum atomic E-state index is 13.0. The molecule has 0 atom stereocenters. The Bertz CT molecular complexity index is 1690. The fourth-order valence-corrected chi connectivity index (χ4v) is 6.37. The van der Waals surface area contributed by atoms with Crippen molar-refractivity contribution in [2.45, 2.75) is 4.90 Å². The van der Waals surface area contributed by atoms with Gasteiger partial charge in [-0.1, -0.05) is 65.4 Å². The lowest BCUT2D eigenvalue weighted by molar-refractivity contribution is 0.102. The Morgan fingerprint density at radius 2 is 1.60 bits per heavy atom. The van der Waals surface area contributed by atoms with Crippen molar-refractivity contribution in [1.29, 1.82) is 0 Å². The Balaban J connectivity index is 1.24. The van der Waals surface area contributed by atoms with Crippen LogP contribution in [0.3, 0.4) is 0 Å². The number of amides is 1. The molecule has 5 aromatic rings. The maximum Gasteiger partial charge on any atom is 0.261 e. The fraction of sp³-hybridized carbons (Fsp3) is 0. The zero-order chi connectivity index (χ0) is 24.2. The van der Waals surface area contributed by atoms with Gasteiger partial charge >= 0.3 is 0 Å². The third kappa shape index (κ3) is 3.85. The average Bonchev–Trinajstić information content (AvgIpc) is 3.38. The van der Waals surface area contributed by atoms with Gasteiger partial charge in [-0.05, 0) is 53.2 Å². The summed E-state index contributed by atoms with van der Waals surface area (Å²) in [6.45, 7) is 0. The first kappa shape index (κ1) is 21.8. The normalized spacial score (nSPS) is 11.9. The summed E-state index contributed by atoms with van der Waals surface area (Å²) in [4.78, 5) is 18.8. The van der Waals surface area contributed by atoms with Gasteiger partial charge in [-0.25, -0.2) is 13.4 Å². The first-order chi connectivity index (χ1) is 16.9. The molecule has 0 aliphatic heterocycles. The van der Waals surface area contributed by atoms with Crippen LogP contribution in [0, 0.1) is 0 Å². The highest BCUT2D eigenvalue weighted by Gasteiger charge is 2.26. The summed E-state index contributed by atoms with van der Waals surface area (Å²) in [5, 5.41) is 6.12. The summed E-state index contributed by atoms with van der Waals surface area (Å²) in [7, 11) is -3.83. The number of aromatic nitrogens is 1. The van der Waals surface area contributed by atoms with Gasteiger partial charge in [0.05, 0.1) is 15.5 Å². The van der Waals surface area contributed by atoms with Gasteiger partial charge in [-0.15, -0.1) is 0 Å². The number of hydrogen-bond acceptors (Lipinski definition) is 5. The van der Waals surface area contributed by atoms with Gasteiger partial charge in [-0.2, -0.15) is 0 Å². The molecule has 0 saturated heterocycles. The van der Waals surface area contributed by atoms with Gasteiger partial charge in [0.15, 0.2) is 5.13 Å². The summed E-state index contributed by atoms with van der Waals surface area (Å²) in [5.74, 6) is -0.378. The molecule has 0 saturated carbocycles. The number of rotatable bonds is 5. The van der Waals surface area contributed by atoms with Gasteiger partial charge in [0.2, 0.25) is 0 Å². The third-order valence-electron chi connectivity index (χ3n) is 5.75. The number of fused-ring (bicyclic) bond motifs is 3. The third-order valence-corrected chi connectivity index (χ3v) is 8.41. The SMILES string of the molecule is O=C(Nc1nc2c(s1)-c1cccc3cccc-2c13)c1cccc(NS(=O)(=O)c2ccc(Cl)cc2)c1. The van der Waals surface area contributed by atoms with E-state index in [0.29, 0.717) is 15.7 Å². The Labute approximate surface area is 210 Å². The van der Waals surface area contributed by atoms with Gasteiger partial charge in [0.1, 0.15) is 0 Å². The van der Waals surface area contributed by atoms with Gasteiger partial charge in [0.25, 0.3) is 15.9 Å². The van der Waals surface area contributed by atoms with Gasteiger partial charge < -0.3 is 0 Å². The minimum absolute atomic E-state index is 0.0735. The summed E-state index contributed by atoms with van der Waals surface area (Å²) in [6, 6.07) is 24.4. The molecule has 0 radical (unpaired) electrons. The number of sulfonamides is 1. The smallest absolute Gasteiger partial charge is 0.261 e. The molecule has 1 aliphatic carbocycles. The topological polar surface area (TPSA) is 88.2 Å². The quantitative estimate of drug-likeness (QED) is 0.268. The molecule has 35 heavy (non-hydrogen) atoms. The standard InChI is InChI=1S/C26H16ClN3O3S2/c27-17-10-12-19(13-11-17)35(32,33)30-18-7-1-6-16(14-18)25(31)29-26-28-23-20-8-2-4-15-5-3-9-21(22(15)20)24(23)34-26/h1-14,30H,(H,28,29,31). The van der Waals surface area contributed by atoms with E-state index in [0.717, 1.165) is 27.1 Å². The van der Waals surface area contributed by atoms with Crippen LogP contribution in [-0.2, 0) is 10.0 Å². The van der Waals surface area contributed by atoms with Gasteiger partial charge in [0, 0.05) is 27.4 Å². The maximum absolute atomic E-state index is 13.0. The molecule has 6 rings (SSSR count). The second-order valence-electron chi connectivity index (χ2n) is 8.00. The Kier molecular flexibility index (Phi) is 5.10. The first-order valence-corrected chi connectivity index (χ1v) is 13.3. The van der Waals surface area contributed by atoms with Crippen LogP contribution >= 0.6 is 22.9 Å². The number of anilines is 2. The van der Waals surface area contributed by atoms with E-state index < -0.39 is 10.0 Å². The van der Waals surface area contributed by atoms with Crippen molar-refractivity contribution >= 4 is 60.5 Å². The summed E-state index contributed by atoms with van der Waals surface area (Å²) >= 11 is 7.27. The average molecular weight is 518 g/mol. The fourth-order valence-electron chi connectivity index (χ4n) is 4.19. The molecule has 1 aromatic heterocycles. The molecule has 172 valence electrons. The van der Waals surface area contributed by atoms with E-state index in [-0.39, 0.29) is 16.5 Å². The molecule has 0 fully saturated rings. The number of nitrogens with one attached hydrogen (secondary N) is 2. The highest BCUT2D eigenvalue weighted by atomic mass is 35.5. The number of benzene rings is 4. The second-order valence-corrected chi connectivity index (χ2v) is 11.1. The highest BCUT2D eigenvalue weighted by molar-refractivity contribution is 7.92. The Morgan fingerprint density at radius 3 is 2.37 bits per heavy atom. The van der Waals surface area contributed by atoms with Crippen molar-refractivity contribution < 1.29 is 13.2 Å². The predicted molar refractivity (Wildman–Crippen MR) is 141 cm³/mol. The van der Waals surface area contributed by atoms with Gasteiger partial charge in [-0.3, -0.25) is 14.8 Å². The van der Waals surface area contributed by atoms with Crippen LogP contribution in [0.15, 0.2) is 89.8 Å².